The minimum atomic E-state index is -0.266. The normalized spacial score (nSPS) is 18.2. The summed E-state index contributed by atoms with van der Waals surface area (Å²) in [6, 6.07) is 4.71. The van der Waals surface area contributed by atoms with Gasteiger partial charge >= 0.3 is 0 Å². The first-order chi connectivity index (χ1) is 6.65. The van der Waals surface area contributed by atoms with Crippen LogP contribution in [0.15, 0.2) is 18.2 Å². The van der Waals surface area contributed by atoms with E-state index in [-0.39, 0.29) is 17.8 Å². The van der Waals surface area contributed by atoms with Gasteiger partial charge in [-0.05, 0) is 42.4 Å². The molecule has 0 spiro atoms. The number of aliphatic hydroxyl groups is 1. The van der Waals surface area contributed by atoms with E-state index in [1.807, 2.05) is 0 Å². The fourth-order valence-corrected chi connectivity index (χ4v) is 1.80. The molecule has 0 amide bonds. The Hall–Kier alpha value is -0.600. The molecule has 1 saturated carbocycles. The molecule has 14 heavy (non-hydrogen) atoms. The predicted octanol–water partition coefficient (Wildman–Crippen LogP) is 2.79. The van der Waals surface area contributed by atoms with Crippen molar-refractivity contribution >= 4 is 11.6 Å². The van der Waals surface area contributed by atoms with Crippen LogP contribution in [0.5, 0.6) is 0 Å². The Kier molecular flexibility index (Phi) is 2.50. The lowest BCUT2D eigenvalue weighted by molar-refractivity contribution is 0.210. The van der Waals surface area contributed by atoms with Gasteiger partial charge in [0.25, 0.3) is 0 Å². The molecule has 1 N–H and O–H groups in total. The standard InChI is InChI=1S/C11H12ClFO/c12-9-2-1-8(10(13)5-9)6-11(7-14)3-4-11/h1-2,5,14H,3-4,6-7H2. The summed E-state index contributed by atoms with van der Waals surface area (Å²) in [5, 5.41) is 9.53. The first-order valence-corrected chi connectivity index (χ1v) is 5.08. The van der Waals surface area contributed by atoms with E-state index in [2.05, 4.69) is 0 Å². The quantitative estimate of drug-likeness (QED) is 0.821. The number of hydrogen-bond donors (Lipinski definition) is 1. The average Bonchev–Trinajstić information content (AvgIpc) is 2.91. The molecular weight excluding hydrogens is 203 g/mol. The summed E-state index contributed by atoms with van der Waals surface area (Å²) >= 11 is 5.65. The van der Waals surface area contributed by atoms with Gasteiger partial charge in [0.2, 0.25) is 0 Å². The maximum absolute atomic E-state index is 13.4. The van der Waals surface area contributed by atoms with Crippen LogP contribution >= 0.6 is 11.6 Å². The highest BCUT2D eigenvalue weighted by atomic mass is 35.5. The van der Waals surface area contributed by atoms with Crippen molar-refractivity contribution in [3.05, 3.63) is 34.6 Å². The fraction of sp³-hybridized carbons (Fsp3) is 0.455. The summed E-state index contributed by atoms with van der Waals surface area (Å²) in [4.78, 5) is 0. The molecule has 3 heteroatoms. The van der Waals surface area contributed by atoms with Crippen molar-refractivity contribution in [2.24, 2.45) is 5.41 Å². The van der Waals surface area contributed by atoms with Crippen molar-refractivity contribution in [3.63, 3.8) is 0 Å². The van der Waals surface area contributed by atoms with E-state index in [1.54, 1.807) is 12.1 Å². The van der Waals surface area contributed by atoms with Crippen LogP contribution in [0.3, 0.4) is 0 Å². The Bertz CT molecular complexity index is 347. The molecule has 0 unspecified atom stereocenters. The molecule has 0 bridgehead atoms. The molecule has 1 aromatic carbocycles. The van der Waals surface area contributed by atoms with Crippen LogP contribution in [0, 0.1) is 11.2 Å². The van der Waals surface area contributed by atoms with Gasteiger partial charge in [0, 0.05) is 11.6 Å². The number of rotatable bonds is 3. The van der Waals surface area contributed by atoms with E-state index in [1.165, 1.54) is 6.07 Å². The summed E-state index contributed by atoms with van der Waals surface area (Å²) in [6.45, 7) is 0.148. The van der Waals surface area contributed by atoms with Gasteiger partial charge in [0.05, 0.1) is 0 Å². The molecule has 0 aromatic heterocycles. The minimum absolute atomic E-state index is 0.0470. The van der Waals surface area contributed by atoms with Gasteiger partial charge < -0.3 is 5.11 Å². The second-order valence-corrected chi connectivity index (χ2v) is 4.51. The molecule has 0 saturated heterocycles. The number of halogens is 2. The number of benzene rings is 1. The van der Waals surface area contributed by atoms with Crippen molar-refractivity contribution in [1.29, 1.82) is 0 Å². The molecule has 1 aromatic rings. The Balaban J connectivity index is 2.17. The van der Waals surface area contributed by atoms with Crippen LogP contribution in [0.4, 0.5) is 4.39 Å². The highest BCUT2D eigenvalue weighted by Gasteiger charge is 2.42. The van der Waals surface area contributed by atoms with Crippen LogP contribution in [-0.4, -0.2) is 11.7 Å². The third kappa shape index (κ3) is 1.91. The van der Waals surface area contributed by atoms with Crippen molar-refractivity contribution in [2.45, 2.75) is 19.3 Å². The molecular formula is C11H12ClFO. The molecule has 1 aliphatic rings. The van der Waals surface area contributed by atoms with Crippen molar-refractivity contribution in [3.8, 4) is 0 Å². The first-order valence-electron chi connectivity index (χ1n) is 4.70. The molecule has 0 atom stereocenters. The lowest BCUT2D eigenvalue weighted by Crippen LogP contribution is -2.11. The van der Waals surface area contributed by atoms with Gasteiger partial charge in [0.15, 0.2) is 0 Å². The van der Waals surface area contributed by atoms with Crippen LogP contribution in [0.25, 0.3) is 0 Å². The Morgan fingerprint density at radius 3 is 2.64 bits per heavy atom. The van der Waals surface area contributed by atoms with Crippen LogP contribution in [0.1, 0.15) is 18.4 Å². The van der Waals surface area contributed by atoms with E-state index in [9.17, 15) is 4.39 Å². The van der Waals surface area contributed by atoms with Crippen LogP contribution in [-0.2, 0) is 6.42 Å². The highest BCUT2D eigenvalue weighted by molar-refractivity contribution is 6.30. The number of aliphatic hydroxyl groups excluding tert-OH is 1. The minimum Gasteiger partial charge on any atom is -0.396 e. The van der Waals surface area contributed by atoms with Crippen LogP contribution < -0.4 is 0 Å². The molecule has 2 rings (SSSR count). The lowest BCUT2D eigenvalue weighted by atomic mass is 9.97. The Labute approximate surface area is 87.5 Å². The predicted molar refractivity (Wildman–Crippen MR) is 53.9 cm³/mol. The van der Waals surface area contributed by atoms with Gasteiger partial charge in [-0.25, -0.2) is 4.39 Å². The summed E-state index contributed by atoms with van der Waals surface area (Å²) in [7, 11) is 0. The van der Waals surface area contributed by atoms with E-state index < -0.39 is 0 Å². The number of hydrogen-bond acceptors (Lipinski definition) is 1. The van der Waals surface area contributed by atoms with Gasteiger partial charge in [-0.1, -0.05) is 17.7 Å². The molecule has 1 fully saturated rings. The average molecular weight is 215 g/mol. The Morgan fingerprint density at radius 1 is 1.43 bits per heavy atom. The maximum atomic E-state index is 13.4. The smallest absolute Gasteiger partial charge is 0.127 e. The first kappa shape index (κ1) is 9.94. The lowest BCUT2D eigenvalue weighted by Gasteiger charge is -2.11. The largest absolute Gasteiger partial charge is 0.396 e. The fourth-order valence-electron chi connectivity index (χ4n) is 1.64. The third-order valence-electron chi connectivity index (χ3n) is 2.87. The molecule has 1 nitrogen and oxygen atoms in total. The van der Waals surface area contributed by atoms with Crippen molar-refractivity contribution in [1.82, 2.24) is 0 Å². The van der Waals surface area contributed by atoms with Gasteiger partial charge in [0.1, 0.15) is 5.82 Å². The highest BCUT2D eigenvalue weighted by Crippen LogP contribution is 2.48. The SMILES string of the molecule is OCC1(Cc2ccc(Cl)cc2F)CC1. The molecule has 0 radical (unpaired) electrons. The van der Waals surface area contributed by atoms with E-state index in [0.717, 1.165) is 12.8 Å². The second-order valence-electron chi connectivity index (χ2n) is 4.07. The topological polar surface area (TPSA) is 20.2 Å². The van der Waals surface area contributed by atoms with E-state index in [4.69, 9.17) is 16.7 Å². The van der Waals surface area contributed by atoms with Gasteiger partial charge in [-0.2, -0.15) is 0 Å². The molecule has 1 aliphatic carbocycles. The zero-order valence-electron chi connectivity index (χ0n) is 7.76. The summed E-state index contributed by atoms with van der Waals surface area (Å²) in [5.41, 5.74) is 0.607. The van der Waals surface area contributed by atoms with Gasteiger partial charge in [-0.15, -0.1) is 0 Å². The zero-order chi connectivity index (χ0) is 10.2. The molecule has 0 heterocycles. The van der Waals surface area contributed by atoms with Gasteiger partial charge in [-0.3, -0.25) is 0 Å². The third-order valence-corrected chi connectivity index (χ3v) is 3.11. The zero-order valence-corrected chi connectivity index (χ0v) is 8.52. The monoisotopic (exact) mass is 214 g/mol. The van der Waals surface area contributed by atoms with Crippen molar-refractivity contribution in [2.75, 3.05) is 6.61 Å². The van der Waals surface area contributed by atoms with E-state index in [0.29, 0.717) is 17.0 Å². The molecule has 76 valence electrons. The van der Waals surface area contributed by atoms with Crippen LogP contribution in [0.2, 0.25) is 5.02 Å². The van der Waals surface area contributed by atoms with Crippen molar-refractivity contribution < 1.29 is 9.50 Å². The van der Waals surface area contributed by atoms with E-state index >= 15 is 0 Å². The molecule has 0 aliphatic heterocycles. The Morgan fingerprint density at radius 2 is 2.14 bits per heavy atom. The second kappa shape index (κ2) is 3.52. The summed E-state index contributed by atoms with van der Waals surface area (Å²) < 4.78 is 13.4. The maximum Gasteiger partial charge on any atom is 0.127 e. The summed E-state index contributed by atoms with van der Waals surface area (Å²) in [5.74, 6) is -0.266. The summed E-state index contributed by atoms with van der Waals surface area (Å²) in [6.07, 6.45) is 2.60.